The summed E-state index contributed by atoms with van der Waals surface area (Å²) in [6.07, 6.45) is 8.49. The largest absolute Gasteiger partial charge is 0.444 e. The van der Waals surface area contributed by atoms with Gasteiger partial charge < -0.3 is 14.6 Å². The maximum absolute atomic E-state index is 12.2. The van der Waals surface area contributed by atoms with Crippen molar-refractivity contribution in [2.45, 2.75) is 64.1 Å². The summed E-state index contributed by atoms with van der Waals surface area (Å²) in [5.41, 5.74) is 1.34. The first kappa shape index (κ1) is 20.0. The minimum absolute atomic E-state index is 0.0749. The van der Waals surface area contributed by atoms with Crippen LogP contribution in [-0.4, -0.2) is 47.3 Å². The molecule has 0 unspecified atom stereocenters. The Labute approximate surface area is 182 Å². The minimum atomic E-state index is -0.502. The molecule has 3 heterocycles. The van der Waals surface area contributed by atoms with Crippen LogP contribution in [0, 0.1) is 3.83 Å². The molecular weight excluding hydrogens is 485 g/mol. The lowest BCUT2D eigenvalue weighted by molar-refractivity contribution is 0.0486. The molecule has 0 bridgehead atoms. The van der Waals surface area contributed by atoms with E-state index in [0.717, 1.165) is 40.5 Å². The molecule has 3 aromatic heterocycles. The summed E-state index contributed by atoms with van der Waals surface area (Å²) >= 11 is 2.27. The van der Waals surface area contributed by atoms with Crippen molar-refractivity contribution in [1.82, 2.24) is 34.8 Å². The molecule has 1 N–H and O–H groups in total. The smallest absolute Gasteiger partial charge is 0.407 e. The van der Waals surface area contributed by atoms with Crippen molar-refractivity contribution in [2.24, 2.45) is 0 Å². The molecule has 10 heteroatoms. The number of carbonyl (C=O) groups excluding carboxylic acids is 1. The normalized spacial score (nSPS) is 20.0. The van der Waals surface area contributed by atoms with Gasteiger partial charge in [-0.15, -0.1) is 4.80 Å². The number of hydrogen-bond acceptors (Lipinski definition) is 6. The summed E-state index contributed by atoms with van der Waals surface area (Å²) in [5.74, 6) is 0.652. The average molecular weight is 509 g/mol. The SMILES string of the molecule is CC(C)(C)OC(=O)N[C@H]1CCC[C@@H](n2c(I)nc3cnc(-n4nccn4)cc32)C1. The summed E-state index contributed by atoms with van der Waals surface area (Å²) in [6, 6.07) is 2.28. The molecule has 0 spiro atoms. The first-order valence-electron chi connectivity index (χ1n) is 9.70. The number of hydrogen-bond donors (Lipinski definition) is 1. The number of aromatic nitrogens is 6. The van der Waals surface area contributed by atoms with E-state index in [9.17, 15) is 4.79 Å². The fraction of sp³-hybridized carbons (Fsp3) is 0.526. The number of fused-ring (bicyclic) bond motifs is 1. The van der Waals surface area contributed by atoms with Gasteiger partial charge in [-0.2, -0.15) is 10.2 Å². The number of alkyl carbamates (subject to hydrolysis) is 1. The van der Waals surface area contributed by atoms with Crippen LogP contribution in [0.15, 0.2) is 24.7 Å². The third-order valence-corrected chi connectivity index (χ3v) is 5.64. The second-order valence-corrected chi connectivity index (χ2v) is 9.23. The van der Waals surface area contributed by atoms with Gasteiger partial charge in [-0.05, 0) is 69.0 Å². The highest BCUT2D eigenvalue weighted by Crippen LogP contribution is 2.33. The number of ether oxygens (including phenoxy) is 1. The molecule has 2 atom stereocenters. The van der Waals surface area contributed by atoms with Crippen molar-refractivity contribution in [3.05, 3.63) is 28.5 Å². The predicted octanol–water partition coefficient (Wildman–Crippen LogP) is 3.63. The van der Waals surface area contributed by atoms with Crippen molar-refractivity contribution in [3.63, 3.8) is 0 Å². The number of nitrogens with zero attached hydrogens (tertiary/aromatic N) is 6. The number of pyridine rings is 1. The number of imidazole rings is 1. The van der Waals surface area contributed by atoms with Gasteiger partial charge in [0.05, 0.1) is 24.1 Å². The summed E-state index contributed by atoms with van der Waals surface area (Å²) in [4.78, 5) is 22.8. The van der Waals surface area contributed by atoms with E-state index in [1.165, 1.54) is 4.80 Å². The zero-order chi connectivity index (χ0) is 20.6. The minimum Gasteiger partial charge on any atom is -0.444 e. The second kappa shape index (κ2) is 7.88. The second-order valence-electron chi connectivity index (χ2n) is 8.26. The van der Waals surface area contributed by atoms with E-state index in [2.05, 4.69) is 52.6 Å². The topological polar surface area (TPSA) is 99.8 Å². The molecule has 0 radical (unpaired) electrons. The number of amides is 1. The lowest BCUT2D eigenvalue weighted by Crippen LogP contribution is -2.41. The Morgan fingerprint density at radius 2 is 2.03 bits per heavy atom. The lowest BCUT2D eigenvalue weighted by Gasteiger charge is -2.32. The monoisotopic (exact) mass is 509 g/mol. The van der Waals surface area contributed by atoms with Crippen LogP contribution in [0.1, 0.15) is 52.5 Å². The van der Waals surface area contributed by atoms with E-state index in [-0.39, 0.29) is 18.2 Å². The van der Waals surface area contributed by atoms with E-state index in [1.807, 2.05) is 26.8 Å². The summed E-state index contributed by atoms with van der Waals surface area (Å²) in [7, 11) is 0. The van der Waals surface area contributed by atoms with Gasteiger partial charge in [0, 0.05) is 18.2 Å². The maximum atomic E-state index is 12.2. The van der Waals surface area contributed by atoms with Crippen molar-refractivity contribution in [3.8, 4) is 5.82 Å². The highest BCUT2D eigenvalue weighted by atomic mass is 127. The number of rotatable bonds is 3. The Hall–Kier alpha value is -2.24. The number of nitrogens with one attached hydrogen (secondary N) is 1. The highest BCUT2D eigenvalue weighted by molar-refractivity contribution is 14.1. The third-order valence-electron chi connectivity index (χ3n) is 4.87. The summed E-state index contributed by atoms with van der Waals surface area (Å²) in [5, 5.41) is 11.4. The standard InChI is InChI=1S/C19H24IN7O2/c1-19(2,3)29-18(28)24-12-5-4-6-13(9-12)26-15-10-16(27-22-7-8-23-27)21-11-14(15)25-17(26)20/h7-8,10-13H,4-6,9H2,1-3H3,(H,24,28)/t12-,13+/m0/s1. The van der Waals surface area contributed by atoms with Crippen LogP contribution in [0.5, 0.6) is 0 Å². The molecule has 0 saturated heterocycles. The fourth-order valence-electron chi connectivity index (χ4n) is 3.75. The molecule has 1 aliphatic carbocycles. The van der Waals surface area contributed by atoms with Gasteiger partial charge in [-0.25, -0.2) is 14.8 Å². The summed E-state index contributed by atoms with van der Waals surface area (Å²) in [6.45, 7) is 5.61. The van der Waals surface area contributed by atoms with Gasteiger partial charge in [0.15, 0.2) is 9.65 Å². The quantitative estimate of drug-likeness (QED) is 0.542. The van der Waals surface area contributed by atoms with Crippen LogP contribution in [0.25, 0.3) is 16.9 Å². The third kappa shape index (κ3) is 4.51. The maximum Gasteiger partial charge on any atom is 0.407 e. The molecule has 1 aliphatic rings. The summed E-state index contributed by atoms with van der Waals surface area (Å²) < 4.78 is 8.58. The molecule has 4 rings (SSSR count). The van der Waals surface area contributed by atoms with Crippen LogP contribution in [0.3, 0.4) is 0 Å². The fourth-order valence-corrected chi connectivity index (χ4v) is 4.67. The van der Waals surface area contributed by atoms with Crippen molar-refractivity contribution in [1.29, 1.82) is 0 Å². The van der Waals surface area contributed by atoms with E-state index in [4.69, 9.17) is 4.74 Å². The van der Waals surface area contributed by atoms with Crippen molar-refractivity contribution >= 4 is 39.7 Å². The van der Waals surface area contributed by atoms with Gasteiger partial charge in [-0.3, -0.25) is 0 Å². The van der Waals surface area contributed by atoms with E-state index in [0.29, 0.717) is 5.82 Å². The molecule has 29 heavy (non-hydrogen) atoms. The predicted molar refractivity (Wildman–Crippen MR) is 116 cm³/mol. The zero-order valence-corrected chi connectivity index (χ0v) is 18.8. The van der Waals surface area contributed by atoms with Gasteiger partial charge >= 0.3 is 6.09 Å². The van der Waals surface area contributed by atoms with Crippen LogP contribution < -0.4 is 5.32 Å². The number of carbonyl (C=O) groups is 1. The molecule has 0 aliphatic heterocycles. The van der Waals surface area contributed by atoms with Crippen LogP contribution in [0.2, 0.25) is 0 Å². The number of halogens is 1. The van der Waals surface area contributed by atoms with Crippen LogP contribution in [0.4, 0.5) is 4.79 Å². The molecule has 1 saturated carbocycles. The molecular formula is C19H24IN7O2. The molecule has 0 aromatic carbocycles. The Balaban J connectivity index is 1.58. The van der Waals surface area contributed by atoms with E-state index in [1.54, 1.807) is 18.6 Å². The molecule has 9 nitrogen and oxygen atoms in total. The zero-order valence-electron chi connectivity index (χ0n) is 16.7. The molecule has 154 valence electrons. The highest BCUT2D eigenvalue weighted by Gasteiger charge is 2.28. The van der Waals surface area contributed by atoms with Crippen LogP contribution >= 0.6 is 22.6 Å². The molecule has 1 fully saturated rings. The molecule has 1 amide bonds. The Morgan fingerprint density at radius 1 is 1.28 bits per heavy atom. The van der Waals surface area contributed by atoms with Gasteiger partial charge in [-0.1, -0.05) is 0 Å². The first-order chi connectivity index (χ1) is 13.8. The van der Waals surface area contributed by atoms with Crippen LogP contribution in [-0.2, 0) is 4.74 Å². The molecule has 3 aromatic rings. The first-order valence-corrected chi connectivity index (χ1v) is 10.8. The van der Waals surface area contributed by atoms with Gasteiger partial charge in [0.2, 0.25) is 0 Å². The Kier molecular flexibility index (Phi) is 5.45. The van der Waals surface area contributed by atoms with E-state index < -0.39 is 5.60 Å². The van der Waals surface area contributed by atoms with Gasteiger partial charge in [0.25, 0.3) is 0 Å². The van der Waals surface area contributed by atoms with Gasteiger partial charge in [0.1, 0.15) is 11.1 Å². The Bertz CT molecular complexity index is 1010. The average Bonchev–Trinajstić information content (AvgIpc) is 3.26. The van der Waals surface area contributed by atoms with Crippen molar-refractivity contribution < 1.29 is 9.53 Å². The Morgan fingerprint density at radius 3 is 2.76 bits per heavy atom. The lowest BCUT2D eigenvalue weighted by atomic mass is 9.91. The van der Waals surface area contributed by atoms with Crippen molar-refractivity contribution in [2.75, 3.05) is 0 Å². The van der Waals surface area contributed by atoms with E-state index >= 15 is 0 Å².